The van der Waals surface area contributed by atoms with Crippen LogP contribution in [0.4, 0.5) is 11.5 Å². The number of nitrogens with zero attached hydrogens (tertiary/aromatic N) is 4. The van der Waals surface area contributed by atoms with Crippen molar-refractivity contribution in [2.75, 3.05) is 18.0 Å². The normalized spacial score (nSPS) is 25.1. The van der Waals surface area contributed by atoms with Crippen LogP contribution in [0.2, 0.25) is 0 Å². The number of nitriles is 1. The van der Waals surface area contributed by atoms with Crippen molar-refractivity contribution < 1.29 is 4.92 Å². The lowest BCUT2D eigenvalue weighted by Gasteiger charge is -2.25. The molecule has 2 aliphatic rings. The Morgan fingerprint density at radius 1 is 1.40 bits per heavy atom. The van der Waals surface area contributed by atoms with E-state index < -0.39 is 4.92 Å². The van der Waals surface area contributed by atoms with E-state index in [1.165, 1.54) is 12.5 Å². The van der Waals surface area contributed by atoms with Crippen LogP contribution in [0, 0.1) is 21.4 Å². The summed E-state index contributed by atoms with van der Waals surface area (Å²) in [6, 6.07) is 5.84. The average molecular weight is 273 g/mol. The first-order valence-electron chi connectivity index (χ1n) is 6.74. The summed E-state index contributed by atoms with van der Waals surface area (Å²) < 4.78 is 0. The molecule has 1 N–H and O–H groups in total. The Morgan fingerprint density at radius 2 is 2.20 bits per heavy atom. The minimum Gasteiger partial charge on any atom is -0.355 e. The summed E-state index contributed by atoms with van der Waals surface area (Å²) in [4.78, 5) is 16.5. The second kappa shape index (κ2) is 5.06. The van der Waals surface area contributed by atoms with Crippen LogP contribution >= 0.6 is 0 Å². The monoisotopic (exact) mass is 273 g/mol. The fourth-order valence-corrected chi connectivity index (χ4v) is 3.00. The van der Waals surface area contributed by atoms with E-state index in [2.05, 4.69) is 15.2 Å². The van der Waals surface area contributed by atoms with Crippen LogP contribution in [0.3, 0.4) is 0 Å². The number of aromatic nitrogens is 1. The van der Waals surface area contributed by atoms with Gasteiger partial charge in [0.2, 0.25) is 5.69 Å². The number of rotatable bonds is 2. The van der Waals surface area contributed by atoms with Crippen molar-refractivity contribution in [2.24, 2.45) is 0 Å². The SMILES string of the molecule is N#Cc1nc(N2CCC3CCC(C2)N3)ccc1[N+](=O)[O-]. The molecule has 0 spiro atoms. The highest BCUT2D eigenvalue weighted by Crippen LogP contribution is 2.25. The van der Waals surface area contributed by atoms with E-state index >= 15 is 0 Å². The molecule has 2 unspecified atom stereocenters. The van der Waals surface area contributed by atoms with Crippen LogP contribution in [-0.4, -0.2) is 35.1 Å². The molecule has 7 heteroatoms. The molecule has 104 valence electrons. The summed E-state index contributed by atoms with van der Waals surface area (Å²) in [5, 5.41) is 23.4. The summed E-state index contributed by atoms with van der Waals surface area (Å²) >= 11 is 0. The van der Waals surface area contributed by atoms with E-state index in [4.69, 9.17) is 5.26 Å². The van der Waals surface area contributed by atoms with E-state index in [-0.39, 0.29) is 11.4 Å². The molecule has 2 saturated heterocycles. The second-order valence-corrected chi connectivity index (χ2v) is 5.28. The van der Waals surface area contributed by atoms with Crippen LogP contribution in [0.25, 0.3) is 0 Å². The third kappa shape index (κ3) is 2.30. The van der Waals surface area contributed by atoms with E-state index in [0.717, 1.165) is 25.9 Å². The zero-order valence-electron chi connectivity index (χ0n) is 11.0. The zero-order chi connectivity index (χ0) is 14.1. The minimum atomic E-state index is -0.568. The first-order valence-corrected chi connectivity index (χ1v) is 6.74. The van der Waals surface area contributed by atoms with Gasteiger partial charge in [-0.1, -0.05) is 0 Å². The summed E-state index contributed by atoms with van der Waals surface area (Å²) in [6.07, 6.45) is 3.41. The Kier molecular flexibility index (Phi) is 3.24. The molecule has 1 aromatic heterocycles. The molecule has 0 aliphatic carbocycles. The number of hydrogen-bond donors (Lipinski definition) is 1. The molecule has 2 atom stereocenters. The topological polar surface area (TPSA) is 95.1 Å². The predicted octanol–water partition coefficient (Wildman–Crippen LogP) is 1.19. The van der Waals surface area contributed by atoms with Crippen molar-refractivity contribution in [1.29, 1.82) is 5.26 Å². The maximum absolute atomic E-state index is 10.8. The lowest BCUT2D eigenvalue weighted by Crippen LogP contribution is -2.35. The second-order valence-electron chi connectivity index (χ2n) is 5.28. The van der Waals surface area contributed by atoms with Gasteiger partial charge in [0.05, 0.1) is 4.92 Å². The average Bonchev–Trinajstić information content (AvgIpc) is 2.77. The van der Waals surface area contributed by atoms with Gasteiger partial charge in [-0.05, 0) is 25.3 Å². The Morgan fingerprint density at radius 3 is 2.95 bits per heavy atom. The van der Waals surface area contributed by atoms with Crippen LogP contribution in [0.1, 0.15) is 25.0 Å². The Labute approximate surface area is 116 Å². The lowest BCUT2D eigenvalue weighted by atomic mass is 10.1. The molecular weight excluding hydrogens is 258 g/mol. The van der Waals surface area contributed by atoms with Gasteiger partial charge in [-0.3, -0.25) is 10.1 Å². The van der Waals surface area contributed by atoms with Crippen LogP contribution in [0.15, 0.2) is 12.1 Å². The van der Waals surface area contributed by atoms with Gasteiger partial charge < -0.3 is 10.2 Å². The first-order chi connectivity index (χ1) is 9.67. The van der Waals surface area contributed by atoms with Gasteiger partial charge in [0.15, 0.2) is 0 Å². The van der Waals surface area contributed by atoms with E-state index in [1.807, 2.05) is 6.07 Å². The molecule has 0 radical (unpaired) electrons. The lowest BCUT2D eigenvalue weighted by molar-refractivity contribution is -0.385. The van der Waals surface area contributed by atoms with Crippen molar-refractivity contribution >= 4 is 11.5 Å². The number of nitro groups is 1. The predicted molar refractivity (Wildman–Crippen MR) is 72.4 cm³/mol. The molecule has 2 aliphatic heterocycles. The largest absolute Gasteiger partial charge is 0.355 e. The molecule has 0 amide bonds. The van der Waals surface area contributed by atoms with Crippen molar-refractivity contribution in [2.45, 2.75) is 31.3 Å². The number of pyridine rings is 1. The first kappa shape index (κ1) is 12.8. The highest BCUT2D eigenvalue weighted by Gasteiger charge is 2.30. The minimum absolute atomic E-state index is 0.116. The maximum atomic E-state index is 10.8. The molecule has 7 nitrogen and oxygen atoms in total. The molecule has 20 heavy (non-hydrogen) atoms. The highest BCUT2D eigenvalue weighted by atomic mass is 16.6. The number of fused-ring (bicyclic) bond motifs is 2. The van der Waals surface area contributed by atoms with Gasteiger partial charge >= 0.3 is 5.69 Å². The van der Waals surface area contributed by atoms with Gasteiger partial charge in [0.25, 0.3) is 0 Å². The Balaban J connectivity index is 1.87. The van der Waals surface area contributed by atoms with Gasteiger partial charge in [-0.15, -0.1) is 0 Å². The van der Waals surface area contributed by atoms with Crippen molar-refractivity contribution in [1.82, 2.24) is 10.3 Å². The fourth-order valence-electron chi connectivity index (χ4n) is 3.00. The molecule has 0 saturated carbocycles. The van der Waals surface area contributed by atoms with Gasteiger partial charge in [-0.25, -0.2) is 4.98 Å². The number of hydrogen-bond acceptors (Lipinski definition) is 6. The van der Waals surface area contributed by atoms with E-state index in [0.29, 0.717) is 17.9 Å². The third-order valence-electron chi connectivity index (χ3n) is 4.01. The molecule has 2 fully saturated rings. The molecule has 3 heterocycles. The maximum Gasteiger partial charge on any atom is 0.305 e. The summed E-state index contributed by atoms with van der Waals surface area (Å²) in [5.41, 5.74) is -0.347. The Bertz CT molecular complexity index is 583. The summed E-state index contributed by atoms with van der Waals surface area (Å²) in [5.74, 6) is 0.654. The Hall–Kier alpha value is -2.20. The van der Waals surface area contributed by atoms with E-state index in [9.17, 15) is 10.1 Å². The third-order valence-corrected chi connectivity index (χ3v) is 4.01. The molecular formula is C13H15N5O2. The number of anilines is 1. The standard InChI is InChI=1S/C13H15N5O2/c14-7-11-12(18(19)20)3-4-13(16-11)17-6-5-9-1-2-10(8-17)15-9/h3-4,9-10,15H,1-2,5-6,8H2. The van der Waals surface area contributed by atoms with Gasteiger partial charge in [0, 0.05) is 31.2 Å². The summed E-state index contributed by atoms with van der Waals surface area (Å²) in [6.45, 7) is 1.70. The quantitative estimate of drug-likeness (QED) is 0.642. The number of nitrogens with one attached hydrogen (secondary N) is 1. The van der Waals surface area contributed by atoms with E-state index in [1.54, 1.807) is 6.07 Å². The van der Waals surface area contributed by atoms with Crippen molar-refractivity contribution in [3.8, 4) is 6.07 Å². The van der Waals surface area contributed by atoms with Gasteiger partial charge in [0.1, 0.15) is 11.9 Å². The van der Waals surface area contributed by atoms with Crippen LogP contribution in [-0.2, 0) is 0 Å². The smallest absolute Gasteiger partial charge is 0.305 e. The van der Waals surface area contributed by atoms with Gasteiger partial charge in [-0.2, -0.15) is 5.26 Å². The molecule has 1 aromatic rings. The molecule has 0 aromatic carbocycles. The van der Waals surface area contributed by atoms with Crippen molar-refractivity contribution in [3.63, 3.8) is 0 Å². The molecule has 2 bridgehead atoms. The van der Waals surface area contributed by atoms with Crippen LogP contribution in [0.5, 0.6) is 0 Å². The zero-order valence-corrected chi connectivity index (χ0v) is 11.0. The van der Waals surface area contributed by atoms with Crippen LogP contribution < -0.4 is 10.2 Å². The highest BCUT2D eigenvalue weighted by molar-refractivity contribution is 5.51. The fraction of sp³-hybridized carbons (Fsp3) is 0.538. The molecule has 3 rings (SSSR count). The van der Waals surface area contributed by atoms with Crippen molar-refractivity contribution in [3.05, 3.63) is 27.9 Å². The summed E-state index contributed by atoms with van der Waals surface area (Å²) in [7, 11) is 0.